The summed E-state index contributed by atoms with van der Waals surface area (Å²) >= 11 is 18.5. The van der Waals surface area contributed by atoms with Gasteiger partial charge in [0.15, 0.2) is 0 Å². The number of carbonyl (C=O) groups excluding carboxylic acids is 2. The highest BCUT2D eigenvalue weighted by molar-refractivity contribution is 6.42. The molecular formula is C27H34Cl3N3O3. The van der Waals surface area contributed by atoms with Crippen LogP contribution in [0.1, 0.15) is 50.3 Å². The highest BCUT2D eigenvalue weighted by Crippen LogP contribution is 2.34. The largest absolute Gasteiger partial charge is 0.394 e. The molecule has 0 radical (unpaired) electrons. The van der Waals surface area contributed by atoms with E-state index in [1.54, 1.807) is 43.3 Å². The van der Waals surface area contributed by atoms with Gasteiger partial charge >= 0.3 is 0 Å². The van der Waals surface area contributed by atoms with Gasteiger partial charge in [0.05, 0.1) is 28.1 Å². The van der Waals surface area contributed by atoms with Gasteiger partial charge < -0.3 is 20.2 Å². The van der Waals surface area contributed by atoms with Gasteiger partial charge in [-0.1, -0.05) is 53.0 Å². The molecule has 1 saturated heterocycles. The molecule has 0 aromatic heterocycles. The quantitative estimate of drug-likeness (QED) is 0.453. The second-order valence-electron chi connectivity index (χ2n) is 9.67. The van der Waals surface area contributed by atoms with Crippen molar-refractivity contribution in [3.63, 3.8) is 0 Å². The Bertz CT molecular complexity index is 1060. The Hall–Kier alpha value is -1.83. The second kappa shape index (κ2) is 12.6. The van der Waals surface area contributed by atoms with Gasteiger partial charge in [0.1, 0.15) is 0 Å². The number of amides is 2. The summed E-state index contributed by atoms with van der Waals surface area (Å²) in [5, 5.41) is 14.5. The number of aliphatic hydroxyl groups excluding tert-OH is 1. The third-order valence-electron chi connectivity index (χ3n) is 7.35. The average Bonchev–Trinajstić information content (AvgIpc) is 2.87. The Morgan fingerprint density at radius 3 is 2.31 bits per heavy atom. The molecule has 196 valence electrons. The van der Waals surface area contributed by atoms with E-state index in [1.165, 1.54) is 0 Å². The Labute approximate surface area is 228 Å². The second-order valence-corrected chi connectivity index (χ2v) is 10.9. The highest BCUT2D eigenvalue weighted by atomic mass is 35.5. The van der Waals surface area contributed by atoms with Crippen LogP contribution in [0.3, 0.4) is 0 Å². The first kappa shape index (κ1) is 28.7. The maximum absolute atomic E-state index is 13.8. The number of piperidine rings is 1. The van der Waals surface area contributed by atoms with Gasteiger partial charge in [0.2, 0.25) is 11.8 Å². The summed E-state index contributed by atoms with van der Waals surface area (Å²) in [5.41, 5.74) is 0.609. The van der Waals surface area contributed by atoms with E-state index < -0.39 is 11.5 Å². The lowest BCUT2D eigenvalue weighted by molar-refractivity contribution is -0.131. The molecule has 1 fully saturated rings. The fourth-order valence-corrected chi connectivity index (χ4v) is 5.07. The van der Waals surface area contributed by atoms with Crippen LogP contribution in [0.5, 0.6) is 0 Å². The Morgan fingerprint density at radius 1 is 1.11 bits per heavy atom. The molecule has 6 nitrogen and oxygen atoms in total. The summed E-state index contributed by atoms with van der Waals surface area (Å²) in [6, 6.07) is 12.0. The Balaban J connectivity index is 1.77. The lowest BCUT2D eigenvalue weighted by Gasteiger charge is -2.38. The number of carbonyl (C=O) groups is 2. The summed E-state index contributed by atoms with van der Waals surface area (Å²) < 4.78 is 0. The number of rotatable bonds is 9. The van der Waals surface area contributed by atoms with Crippen LogP contribution in [0.4, 0.5) is 0 Å². The number of aliphatic hydroxyl groups is 1. The van der Waals surface area contributed by atoms with Crippen LogP contribution in [0.2, 0.25) is 15.1 Å². The normalized spacial score (nSPS) is 17.3. The number of likely N-dealkylation sites (tertiary alicyclic amines) is 1. The molecule has 3 rings (SSSR count). The van der Waals surface area contributed by atoms with Gasteiger partial charge in [-0.3, -0.25) is 9.59 Å². The molecule has 2 aromatic carbocycles. The maximum atomic E-state index is 13.8. The molecule has 36 heavy (non-hydrogen) atoms. The van der Waals surface area contributed by atoms with Crippen LogP contribution in [-0.2, 0) is 15.0 Å². The van der Waals surface area contributed by atoms with Crippen molar-refractivity contribution in [2.45, 2.75) is 50.6 Å². The molecule has 9 heteroatoms. The van der Waals surface area contributed by atoms with E-state index >= 15 is 0 Å². The van der Waals surface area contributed by atoms with Crippen LogP contribution in [0.25, 0.3) is 0 Å². The van der Waals surface area contributed by atoms with E-state index in [1.807, 2.05) is 24.9 Å². The van der Waals surface area contributed by atoms with Crippen LogP contribution in [-0.4, -0.2) is 66.1 Å². The number of hydrogen-bond acceptors (Lipinski definition) is 4. The zero-order valence-corrected chi connectivity index (χ0v) is 23.2. The standard InChI is InChI=1S/C27H34Cl3N3O3/c1-18(35)32(3)22-10-13-33(14-11-22)15-12-27(2,20-6-9-23(29)24(30)16-20)26(36)31-25(17-34)19-4-7-21(28)8-5-19/h4-9,16,22,25,34H,10-15,17H2,1-3H3,(H,31,36)/t25-,27?/m1/s1. The number of halogens is 3. The summed E-state index contributed by atoms with van der Waals surface area (Å²) in [7, 11) is 1.85. The molecule has 1 aliphatic rings. The fraction of sp³-hybridized carbons (Fsp3) is 0.481. The molecule has 1 unspecified atom stereocenters. The summed E-state index contributed by atoms with van der Waals surface area (Å²) in [5.74, 6) is -0.127. The van der Waals surface area contributed by atoms with Crippen LogP contribution in [0, 0.1) is 0 Å². The number of nitrogens with zero attached hydrogens (tertiary/aromatic N) is 2. The van der Waals surface area contributed by atoms with Gasteiger partial charge in [-0.2, -0.15) is 0 Å². The molecule has 2 aromatic rings. The number of hydrogen-bond donors (Lipinski definition) is 2. The molecule has 2 atom stereocenters. The van der Waals surface area contributed by atoms with Crippen molar-refractivity contribution in [3.05, 3.63) is 68.7 Å². The van der Waals surface area contributed by atoms with Crippen LogP contribution < -0.4 is 5.32 Å². The summed E-state index contributed by atoms with van der Waals surface area (Å²) in [6.07, 6.45) is 2.34. The van der Waals surface area contributed by atoms with Crippen molar-refractivity contribution in [2.75, 3.05) is 33.3 Å². The predicted molar refractivity (Wildman–Crippen MR) is 146 cm³/mol. The monoisotopic (exact) mass is 553 g/mol. The van der Waals surface area contributed by atoms with E-state index in [9.17, 15) is 14.7 Å². The minimum atomic E-state index is -0.916. The van der Waals surface area contributed by atoms with Gasteiger partial charge in [-0.25, -0.2) is 0 Å². The van der Waals surface area contributed by atoms with Crippen molar-refractivity contribution in [1.82, 2.24) is 15.1 Å². The van der Waals surface area contributed by atoms with E-state index in [4.69, 9.17) is 34.8 Å². The third kappa shape index (κ3) is 6.93. The minimum Gasteiger partial charge on any atom is -0.394 e. The smallest absolute Gasteiger partial charge is 0.230 e. The summed E-state index contributed by atoms with van der Waals surface area (Å²) in [6.45, 7) is 5.65. The van der Waals surface area contributed by atoms with Crippen molar-refractivity contribution >= 4 is 46.6 Å². The molecule has 1 aliphatic heterocycles. The maximum Gasteiger partial charge on any atom is 0.230 e. The zero-order valence-electron chi connectivity index (χ0n) is 20.9. The highest BCUT2D eigenvalue weighted by Gasteiger charge is 2.37. The minimum absolute atomic E-state index is 0.0800. The van der Waals surface area contributed by atoms with Crippen molar-refractivity contribution in [1.29, 1.82) is 0 Å². The average molecular weight is 555 g/mol. The van der Waals surface area contributed by atoms with Gasteiger partial charge in [0, 0.05) is 38.1 Å². The molecule has 0 spiro atoms. The first-order chi connectivity index (χ1) is 17.0. The fourth-order valence-electron chi connectivity index (χ4n) is 4.64. The molecule has 0 bridgehead atoms. The van der Waals surface area contributed by atoms with E-state index in [0.29, 0.717) is 28.0 Å². The van der Waals surface area contributed by atoms with Crippen molar-refractivity contribution in [3.8, 4) is 0 Å². The van der Waals surface area contributed by atoms with Gasteiger partial charge in [0.25, 0.3) is 0 Å². The topological polar surface area (TPSA) is 72.9 Å². The van der Waals surface area contributed by atoms with Gasteiger partial charge in [-0.05, 0) is 68.1 Å². The van der Waals surface area contributed by atoms with E-state index in [-0.39, 0.29) is 24.5 Å². The van der Waals surface area contributed by atoms with Crippen LogP contribution in [0.15, 0.2) is 42.5 Å². The Morgan fingerprint density at radius 2 is 1.75 bits per heavy atom. The Kier molecular flexibility index (Phi) is 10.1. The first-order valence-electron chi connectivity index (χ1n) is 12.1. The molecule has 0 aliphatic carbocycles. The lowest BCUT2D eigenvalue weighted by atomic mass is 9.78. The van der Waals surface area contributed by atoms with Crippen LogP contribution >= 0.6 is 34.8 Å². The van der Waals surface area contributed by atoms with E-state index in [2.05, 4.69) is 10.2 Å². The lowest BCUT2D eigenvalue weighted by Crippen LogP contribution is -2.48. The summed E-state index contributed by atoms with van der Waals surface area (Å²) in [4.78, 5) is 29.6. The van der Waals surface area contributed by atoms with Crippen molar-refractivity contribution in [2.24, 2.45) is 0 Å². The molecule has 2 N–H and O–H groups in total. The number of nitrogens with one attached hydrogen (secondary N) is 1. The third-order valence-corrected chi connectivity index (χ3v) is 8.34. The van der Waals surface area contributed by atoms with Gasteiger partial charge in [-0.15, -0.1) is 0 Å². The number of benzene rings is 2. The van der Waals surface area contributed by atoms with Crippen molar-refractivity contribution < 1.29 is 14.7 Å². The molecule has 1 heterocycles. The van der Waals surface area contributed by atoms with E-state index in [0.717, 1.165) is 37.1 Å². The SMILES string of the molecule is CC(=O)N(C)C1CCN(CCC(C)(C(=O)N[C@H](CO)c2ccc(Cl)cc2)c2ccc(Cl)c(Cl)c2)CC1. The predicted octanol–water partition coefficient (Wildman–Crippen LogP) is 5.09. The molecule has 2 amide bonds. The zero-order chi connectivity index (χ0) is 26.5. The first-order valence-corrected chi connectivity index (χ1v) is 13.3. The molecular weight excluding hydrogens is 521 g/mol. The molecule has 0 saturated carbocycles.